The maximum Gasteiger partial charge on any atom is 0.135 e. The molecule has 0 saturated heterocycles. The topological polar surface area (TPSA) is 13.1 Å². The molecule has 0 radical (unpaired) electrons. The summed E-state index contributed by atoms with van der Waals surface area (Å²) >= 11 is 0. The van der Waals surface area contributed by atoms with Gasteiger partial charge in [0.15, 0.2) is 0 Å². The summed E-state index contributed by atoms with van der Waals surface area (Å²) in [5.41, 5.74) is 9.71. The standard InChI is InChI=1S/C42H28O/c1-2-11-28-24-32(21-20-27(28)10-1)42-36-17-5-3-15-34(36)41(35-16-4-6-18-37(35)42)31-13-9-12-29(25-31)30-22-23-40-38(26-30)33-14-7-8-19-39(33)43-40/h1-8,10-12,14-26H,9,13H2. The molecule has 0 N–H and O–H groups in total. The second-order valence-electron chi connectivity index (χ2n) is 11.6. The molecule has 43 heavy (non-hydrogen) atoms. The molecule has 0 fully saturated rings. The lowest BCUT2D eigenvalue weighted by Gasteiger charge is -2.21. The summed E-state index contributed by atoms with van der Waals surface area (Å²) < 4.78 is 6.12. The Balaban J connectivity index is 1.26. The minimum atomic E-state index is 0.937. The second-order valence-corrected chi connectivity index (χ2v) is 11.6. The van der Waals surface area contributed by atoms with E-state index in [9.17, 15) is 0 Å². The summed E-state index contributed by atoms with van der Waals surface area (Å²) in [6.45, 7) is 0. The van der Waals surface area contributed by atoms with Crippen LogP contribution in [0.25, 0.3) is 76.5 Å². The SMILES string of the molecule is C1=C(c2ccc3oc4ccccc4c3c2)C=C(c2c3ccccc3c(-c3ccc4ccccc4c3)c3ccccc23)CC1. The summed E-state index contributed by atoms with van der Waals surface area (Å²) in [6, 6.07) is 48.4. The van der Waals surface area contributed by atoms with Gasteiger partial charge < -0.3 is 4.42 Å². The molecule has 0 aliphatic heterocycles. The van der Waals surface area contributed by atoms with Crippen molar-refractivity contribution < 1.29 is 4.42 Å². The molecule has 0 saturated carbocycles. The molecule has 1 aliphatic rings. The quantitative estimate of drug-likeness (QED) is 0.200. The number of benzene rings is 7. The average molecular weight is 549 g/mol. The summed E-state index contributed by atoms with van der Waals surface area (Å²) in [4.78, 5) is 0. The molecular weight excluding hydrogens is 520 g/mol. The summed E-state index contributed by atoms with van der Waals surface area (Å²) in [5.74, 6) is 0. The highest BCUT2D eigenvalue weighted by molar-refractivity contribution is 6.19. The summed E-state index contributed by atoms with van der Waals surface area (Å²) in [5, 5.41) is 10.1. The maximum absolute atomic E-state index is 6.12. The van der Waals surface area contributed by atoms with Gasteiger partial charge in [0, 0.05) is 10.8 Å². The van der Waals surface area contributed by atoms with E-state index in [-0.39, 0.29) is 0 Å². The molecule has 0 unspecified atom stereocenters. The molecule has 8 aromatic rings. The summed E-state index contributed by atoms with van der Waals surface area (Å²) in [6.07, 6.45) is 6.85. The van der Waals surface area contributed by atoms with Gasteiger partial charge in [0.05, 0.1) is 0 Å². The predicted octanol–water partition coefficient (Wildman–Crippen LogP) is 12.0. The van der Waals surface area contributed by atoms with Gasteiger partial charge in [-0.2, -0.15) is 0 Å². The number of allylic oxidation sites excluding steroid dienone is 4. The van der Waals surface area contributed by atoms with E-state index in [2.05, 4.69) is 133 Å². The number of hydrogen-bond donors (Lipinski definition) is 0. The minimum Gasteiger partial charge on any atom is -0.456 e. The smallest absolute Gasteiger partial charge is 0.135 e. The first-order valence-corrected chi connectivity index (χ1v) is 15.1. The van der Waals surface area contributed by atoms with Crippen LogP contribution in [0, 0.1) is 0 Å². The van der Waals surface area contributed by atoms with Crippen molar-refractivity contribution in [1.29, 1.82) is 0 Å². The molecule has 0 atom stereocenters. The molecule has 202 valence electrons. The van der Waals surface area contributed by atoms with Crippen molar-refractivity contribution in [3.63, 3.8) is 0 Å². The van der Waals surface area contributed by atoms with Crippen molar-refractivity contribution in [1.82, 2.24) is 0 Å². The second kappa shape index (κ2) is 9.58. The number of para-hydroxylation sites is 1. The first-order valence-electron chi connectivity index (χ1n) is 15.1. The zero-order valence-electron chi connectivity index (χ0n) is 23.7. The fraction of sp³-hybridized carbons (Fsp3) is 0.0476. The van der Waals surface area contributed by atoms with Gasteiger partial charge in [-0.15, -0.1) is 0 Å². The fourth-order valence-electron chi connectivity index (χ4n) is 7.14. The van der Waals surface area contributed by atoms with Crippen molar-refractivity contribution in [3.8, 4) is 11.1 Å². The van der Waals surface area contributed by atoms with Gasteiger partial charge in [-0.25, -0.2) is 0 Å². The van der Waals surface area contributed by atoms with Crippen molar-refractivity contribution in [2.75, 3.05) is 0 Å². The molecule has 1 nitrogen and oxygen atoms in total. The van der Waals surface area contributed by atoms with Gasteiger partial charge in [0.2, 0.25) is 0 Å². The third-order valence-corrected chi connectivity index (χ3v) is 9.11. The van der Waals surface area contributed by atoms with Gasteiger partial charge >= 0.3 is 0 Å². The molecule has 0 amide bonds. The van der Waals surface area contributed by atoms with Crippen molar-refractivity contribution in [3.05, 3.63) is 157 Å². The first kappa shape index (κ1) is 24.2. The number of furan rings is 1. The molecule has 7 aromatic carbocycles. The van der Waals surface area contributed by atoms with Crippen LogP contribution in [0.3, 0.4) is 0 Å². The molecular formula is C42H28O. The largest absolute Gasteiger partial charge is 0.456 e. The Morgan fingerprint density at radius 3 is 1.81 bits per heavy atom. The van der Waals surface area contributed by atoms with Gasteiger partial charge in [0.25, 0.3) is 0 Å². The van der Waals surface area contributed by atoms with E-state index in [0.29, 0.717) is 0 Å². The Hall–Kier alpha value is -5.40. The Morgan fingerprint density at radius 2 is 1.05 bits per heavy atom. The lowest BCUT2D eigenvalue weighted by atomic mass is 9.82. The highest BCUT2D eigenvalue weighted by Crippen LogP contribution is 2.45. The lowest BCUT2D eigenvalue weighted by Crippen LogP contribution is -1.97. The van der Waals surface area contributed by atoms with Crippen LogP contribution in [-0.4, -0.2) is 0 Å². The Kier molecular flexibility index (Phi) is 5.39. The average Bonchev–Trinajstić information content (AvgIpc) is 3.45. The fourth-order valence-corrected chi connectivity index (χ4v) is 7.14. The predicted molar refractivity (Wildman–Crippen MR) is 183 cm³/mol. The van der Waals surface area contributed by atoms with Crippen molar-refractivity contribution >= 4 is 65.4 Å². The van der Waals surface area contributed by atoms with E-state index in [4.69, 9.17) is 4.42 Å². The zero-order chi connectivity index (χ0) is 28.3. The Morgan fingerprint density at radius 1 is 0.442 bits per heavy atom. The Labute approximate surface area is 250 Å². The molecule has 0 bridgehead atoms. The van der Waals surface area contributed by atoms with Crippen LogP contribution in [-0.2, 0) is 0 Å². The van der Waals surface area contributed by atoms with Crippen LogP contribution >= 0.6 is 0 Å². The zero-order valence-corrected chi connectivity index (χ0v) is 23.7. The van der Waals surface area contributed by atoms with E-state index >= 15 is 0 Å². The monoisotopic (exact) mass is 548 g/mol. The minimum absolute atomic E-state index is 0.937. The molecule has 1 heterocycles. The van der Waals surface area contributed by atoms with Crippen molar-refractivity contribution in [2.45, 2.75) is 12.8 Å². The van der Waals surface area contributed by atoms with E-state index in [0.717, 1.165) is 24.0 Å². The maximum atomic E-state index is 6.12. The highest BCUT2D eigenvalue weighted by Gasteiger charge is 2.20. The third kappa shape index (κ3) is 3.86. The van der Waals surface area contributed by atoms with Crippen LogP contribution in [0.5, 0.6) is 0 Å². The number of fused-ring (bicyclic) bond motifs is 6. The van der Waals surface area contributed by atoms with Crippen LogP contribution in [0.15, 0.2) is 150 Å². The molecule has 0 spiro atoms. The van der Waals surface area contributed by atoms with Crippen LogP contribution < -0.4 is 0 Å². The van der Waals surface area contributed by atoms with Crippen LogP contribution in [0.2, 0.25) is 0 Å². The van der Waals surface area contributed by atoms with E-state index < -0.39 is 0 Å². The number of hydrogen-bond acceptors (Lipinski definition) is 1. The van der Waals surface area contributed by atoms with Crippen LogP contribution in [0.4, 0.5) is 0 Å². The van der Waals surface area contributed by atoms with E-state index in [1.54, 1.807) is 0 Å². The first-order chi connectivity index (χ1) is 21.3. The van der Waals surface area contributed by atoms with E-state index in [1.807, 2.05) is 12.1 Å². The third-order valence-electron chi connectivity index (χ3n) is 9.11. The van der Waals surface area contributed by atoms with Gasteiger partial charge in [-0.1, -0.05) is 121 Å². The van der Waals surface area contributed by atoms with Gasteiger partial charge in [0.1, 0.15) is 11.2 Å². The number of rotatable bonds is 3. The lowest BCUT2D eigenvalue weighted by molar-refractivity contribution is 0.669. The van der Waals surface area contributed by atoms with Crippen LogP contribution in [0.1, 0.15) is 24.0 Å². The highest BCUT2D eigenvalue weighted by atomic mass is 16.3. The van der Waals surface area contributed by atoms with Gasteiger partial charge in [-0.3, -0.25) is 0 Å². The van der Waals surface area contributed by atoms with Crippen molar-refractivity contribution in [2.24, 2.45) is 0 Å². The Bertz CT molecular complexity index is 2390. The normalized spacial score (nSPS) is 13.7. The molecule has 1 aliphatic carbocycles. The summed E-state index contributed by atoms with van der Waals surface area (Å²) in [7, 11) is 0. The molecule has 1 aromatic heterocycles. The molecule has 9 rings (SSSR count). The van der Waals surface area contributed by atoms with E-state index in [1.165, 1.54) is 76.5 Å². The molecule has 1 heteroatoms. The van der Waals surface area contributed by atoms with Gasteiger partial charge in [-0.05, 0) is 103 Å².